The molecule has 0 aromatic heterocycles. The van der Waals surface area contributed by atoms with Crippen LogP contribution in [0.25, 0.3) is 28.0 Å². The highest BCUT2D eigenvalue weighted by Crippen LogP contribution is 2.36. The van der Waals surface area contributed by atoms with Crippen molar-refractivity contribution in [3.8, 4) is 22.3 Å². The monoisotopic (exact) mass is 354 g/mol. The van der Waals surface area contributed by atoms with Gasteiger partial charge in [-0.2, -0.15) is 0 Å². The number of aliphatic imine (C=N–C) groups is 1. The maximum absolute atomic E-state index is 4.55. The molecule has 2 nitrogen and oxygen atoms in total. The predicted molar refractivity (Wildman–Crippen MR) is 112 cm³/mol. The molecule has 5 rings (SSSR count). The van der Waals surface area contributed by atoms with E-state index in [1.54, 1.807) is 11.8 Å². The smallest absolute Gasteiger partial charge is 0.168 e. The lowest BCUT2D eigenvalue weighted by atomic mass is 9.98. The third-order valence-corrected chi connectivity index (χ3v) is 5.75. The predicted octanol–water partition coefficient (Wildman–Crippen LogP) is 5.74. The van der Waals surface area contributed by atoms with Gasteiger partial charge in [0, 0.05) is 12.0 Å². The van der Waals surface area contributed by atoms with E-state index in [9.17, 15) is 0 Å². The van der Waals surface area contributed by atoms with Crippen molar-refractivity contribution in [3.63, 3.8) is 0 Å². The first kappa shape index (κ1) is 15.5. The van der Waals surface area contributed by atoms with E-state index in [4.69, 9.17) is 0 Å². The topological polar surface area (TPSA) is 15.6 Å². The van der Waals surface area contributed by atoms with Gasteiger partial charge in [0.1, 0.15) is 0 Å². The van der Waals surface area contributed by atoms with Gasteiger partial charge in [-0.3, -0.25) is 4.99 Å². The number of hydrogen-bond acceptors (Lipinski definition) is 3. The van der Waals surface area contributed by atoms with Crippen molar-refractivity contribution in [1.82, 2.24) is 4.90 Å². The Morgan fingerprint density at radius 1 is 0.692 bits per heavy atom. The lowest BCUT2D eigenvalue weighted by Crippen LogP contribution is -2.19. The highest BCUT2D eigenvalue weighted by Gasteiger charge is 2.27. The van der Waals surface area contributed by atoms with E-state index in [2.05, 4.69) is 94.2 Å². The molecule has 0 saturated heterocycles. The number of hydrogen-bond donors (Lipinski definition) is 0. The molecule has 3 heteroatoms. The molecule has 0 aliphatic carbocycles. The summed E-state index contributed by atoms with van der Waals surface area (Å²) in [5, 5.41) is 3.35. The highest BCUT2D eigenvalue weighted by atomic mass is 32.2. The molecule has 0 spiro atoms. The zero-order valence-corrected chi connectivity index (χ0v) is 15.1. The van der Waals surface area contributed by atoms with Gasteiger partial charge in [0.05, 0.1) is 12.2 Å². The number of amidine groups is 1. The highest BCUT2D eigenvalue weighted by molar-refractivity contribution is 8.16. The van der Waals surface area contributed by atoms with Crippen LogP contribution in [0.5, 0.6) is 0 Å². The Morgan fingerprint density at radius 3 is 2.15 bits per heavy atom. The average Bonchev–Trinajstić information content (AvgIpc) is 3.33. The van der Waals surface area contributed by atoms with Crippen molar-refractivity contribution >= 4 is 22.6 Å². The third-order valence-electron chi connectivity index (χ3n) is 4.85. The van der Waals surface area contributed by atoms with Crippen LogP contribution in [0.4, 0.5) is 0 Å². The van der Waals surface area contributed by atoms with Crippen molar-refractivity contribution in [3.05, 3.63) is 89.8 Å². The Bertz CT molecular complexity index is 1000. The van der Waals surface area contributed by atoms with Crippen LogP contribution in [0.15, 0.2) is 89.3 Å². The van der Waals surface area contributed by atoms with Crippen LogP contribution in [0, 0.1) is 0 Å². The first-order valence-electron chi connectivity index (χ1n) is 8.84. The summed E-state index contributed by atoms with van der Waals surface area (Å²) in [5.74, 6) is 0. The zero-order valence-electron chi connectivity index (χ0n) is 14.3. The van der Waals surface area contributed by atoms with E-state index in [0.29, 0.717) is 0 Å². The first-order chi connectivity index (χ1) is 12.9. The summed E-state index contributed by atoms with van der Waals surface area (Å²) in [7, 11) is 0. The van der Waals surface area contributed by atoms with Gasteiger partial charge in [-0.25, -0.2) is 0 Å². The van der Waals surface area contributed by atoms with Crippen LogP contribution in [0.3, 0.4) is 0 Å². The standard InChI is InChI=1S/C23H18N2S/c1-2-5-17(6-3-1)18-9-11-19(12-10-18)20-7-4-8-21(15-20)22-16-26-23-24-13-14-25(22)23/h1-12,15-16H,13-14H2. The van der Waals surface area contributed by atoms with Gasteiger partial charge in [0.2, 0.25) is 0 Å². The fourth-order valence-corrected chi connectivity index (χ4v) is 4.45. The molecule has 0 saturated carbocycles. The molecular formula is C23H18N2S. The number of fused-ring (bicyclic) bond motifs is 1. The Kier molecular flexibility index (Phi) is 3.87. The molecule has 0 amide bonds. The molecule has 0 fully saturated rings. The van der Waals surface area contributed by atoms with Crippen LogP contribution in [0.2, 0.25) is 0 Å². The molecule has 0 atom stereocenters. The largest absolute Gasteiger partial charge is 0.318 e. The van der Waals surface area contributed by atoms with Gasteiger partial charge >= 0.3 is 0 Å². The lowest BCUT2D eigenvalue weighted by Gasteiger charge is -2.17. The van der Waals surface area contributed by atoms with Gasteiger partial charge in [-0.1, -0.05) is 84.6 Å². The van der Waals surface area contributed by atoms with E-state index in [-0.39, 0.29) is 0 Å². The van der Waals surface area contributed by atoms with Crippen molar-refractivity contribution in [1.29, 1.82) is 0 Å². The molecule has 3 aromatic rings. The van der Waals surface area contributed by atoms with Crippen molar-refractivity contribution < 1.29 is 0 Å². The number of nitrogens with zero attached hydrogens (tertiary/aromatic N) is 2. The summed E-state index contributed by atoms with van der Waals surface area (Å²) in [6.07, 6.45) is 0. The average molecular weight is 354 g/mol. The first-order valence-corrected chi connectivity index (χ1v) is 9.71. The summed E-state index contributed by atoms with van der Waals surface area (Å²) < 4.78 is 0. The zero-order chi connectivity index (χ0) is 17.3. The minimum absolute atomic E-state index is 0.903. The lowest BCUT2D eigenvalue weighted by molar-refractivity contribution is 0.650. The second-order valence-electron chi connectivity index (χ2n) is 6.46. The molecule has 0 unspecified atom stereocenters. The summed E-state index contributed by atoms with van der Waals surface area (Å²) >= 11 is 1.73. The fourth-order valence-electron chi connectivity index (χ4n) is 3.49. The molecule has 2 aliphatic rings. The maximum Gasteiger partial charge on any atom is 0.168 e. The molecule has 2 heterocycles. The van der Waals surface area contributed by atoms with Crippen LogP contribution in [-0.2, 0) is 0 Å². The molecule has 0 radical (unpaired) electrons. The Hall–Kier alpha value is -2.78. The summed E-state index contributed by atoms with van der Waals surface area (Å²) in [4.78, 5) is 6.87. The molecule has 126 valence electrons. The minimum atomic E-state index is 0.903. The van der Waals surface area contributed by atoms with Crippen LogP contribution in [0.1, 0.15) is 5.56 Å². The summed E-state index contributed by atoms with van der Waals surface area (Å²) in [6.45, 7) is 1.89. The Morgan fingerprint density at radius 2 is 1.35 bits per heavy atom. The molecular weight excluding hydrogens is 336 g/mol. The van der Waals surface area contributed by atoms with Gasteiger partial charge < -0.3 is 4.90 Å². The van der Waals surface area contributed by atoms with Crippen LogP contribution in [-0.4, -0.2) is 23.2 Å². The summed E-state index contributed by atoms with van der Waals surface area (Å²) in [6, 6.07) is 28.1. The van der Waals surface area contributed by atoms with Gasteiger partial charge in [-0.05, 0) is 33.9 Å². The van der Waals surface area contributed by atoms with E-state index in [0.717, 1.165) is 18.3 Å². The number of benzene rings is 3. The van der Waals surface area contributed by atoms with Crippen LogP contribution < -0.4 is 0 Å². The van der Waals surface area contributed by atoms with E-state index >= 15 is 0 Å². The van der Waals surface area contributed by atoms with Crippen molar-refractivity contribution in [2.24, 2.45) is 4.99 Å². The van der Waals surface area contributed by atoms with Crippen molar-refractivity contribution in [2.75, 3.05) is 13.1 Å². The molecule has 0 bridgehead atoms. The van der Waals surface area contributed by atoms with Crippen molar-refractivity contribution in [2.45, 2.75) is 0 Å². The second kappa shape index (κ2) is 6.50. The Balaban J connectivity index is 1.45. The number of rotatable bonds is 3. The minimum Gasteiger partial charge on any atom is -0.318 e. The molecule has 26 heavy (non-hydrogen) atoms. The van der Waals surface area contributed by atoms with Gasteiger partial charge in [-0.15, -0.1) is 0 Å². The quantitative estimate of drug-likeness (QED) is 0.596. The Labute approximate surface area is 157 Å². The van der Waals surface area contributed by atoms with Gasteiger partial charge in [0.15, 0.2) is 5.17 Å². The normalized spacial score (nSPS) is 15.6. The van der Waals surface area contributed by atoms with E-state index < -0.39 is 0 Å². The van der Waals surface area contributed by atoms with Crippen LogP contribution >= 0.6 is 11.8 Å². The maximum atomic E-state index is 4.55. The molecule has 3 aromatic carbocycles. The third kappa shape index (κ3) is 2.74. The molecule has 0 N–H and O–H groups in total. The van der Waals surface area contributed by atoms with Gasteiger partial charge in [0.25, 0.3) is 0 Å². The number of thioether (sulfide) groups is 1. The van der Waals surface area contributed by atoms with E-state index in [1.807, 2.05) is 0 Å². The summed E-state index contributed by atoms with van der Waals surface area (Å²) in [5.41, 5.74) is 7.52. The fraction of sp³-hybridized carbons (Fsp3) is 0.0870. The second-order valence-corrected chi connectivity index (χ2v) is 7.30. The molecule has 2 aliphatic heterocycles. The SMILES string of the molecule is C1=C(c2cccc(-c3ccc(-c4ccccc4)cc3)c2)N2CCN=C2S1. The van der Waals surface area contributed by atoms with E-state index in [1.165, 1.54) is 33.5 Å².